The summed E-state index contributed by atoms with van der Waals surface area (Å²) in [6.07, 6.45) is 1.93. The number of aliphatic hydroxyl groups is 1. The molecule has 3 N–H and O–H groups in total. The molecule has 4 heteroatoms. The first kappa shape index (κ1) is 13.3. The standard InChI is InChI=1S/C12H25N3O/c1-5-12(4,16)8-14-11(13-6-2)15-10-7-9(10)3/h9-10,16H,5-8H2,1-4H3,(H2,13,14,15). The summed E-state index contributed by atoms with van der Waals surface area (Å²) in [7, 11) is 0. The van der Waals surface area contributed by atoms with E-state index in [1.165, 1.54) is 6.42 Å². The van der Waals surface area contributed by atoms with Crippen molar-refractivity contribution in [1.29, 1.82) is 0 Å². The van der Waals surface area contributed by atoms with Crippen LogP contribution in [0.3, 0.4) is 0 Å². The summed E-state index contributed by atoms with van der Waals surface area (Å²) in [6.45, 7) is 9.36. The second-order valence-corrected chi connectivity index (χ2v) is 5.01. The molecule has 1 rings (SSSR count). The molecule has 16 heavy (non-hydrogen) atoms. The van der Waals surface area contributed by atoms with Crippen LogP contribution in [0, 0.1) is 5.92 Å². The molecule has 3 unspecified atom stereocenters. The Morgan fingerprint density at radius 3 is 2.56 bits per heavy atom. The van der Waals surface area contributed by atoms with Gasteiger partial charge in [-0.05, 0) is 32.6 Å². The number of rotatable bonds is 5. The molecule has 0 aromatic carbocycles. The Morgan fingerprint density at radius 1 is 1.50 bits per heavy atom. The van der Waals surface area contributed by atoms with Gasteiger partial charge in [0.25, 0.3) is 0 Å². The molecule has 94 valence electrons. The van der Waals surface area contributed by atoms with Crippen molar-refractivity contribution in [2.75, 3.05) is 13.1 Å². The third kappa shape index (κ3) is 4.39. The molecular weight excluding hydrogens is 202 g/mol. The quantitative estimate of drug-likeness (QED) is 0.487. The Bertz CT molecular complexity index is 251. The van der Waals surface area contributed by atoms with E-state index in [1.54, 1.807) is 0 Å². The molecule has 0 aromatic rings. The van der Waals surface area contributed by atoms with Crippen LogP contribution in [0.1, 0.15) is 40.5 Å². The maximum Gasteiger partial charge on any atom is 0.191 e. The van der Waals surface area contributed by atoms with Gasteiger partial charge in [0.1, 0.15) is 0 Å². The number of hydrogen-bond acceptors (Lipinski definition) is 2. The molecule has 0 radical (unpaired) electrons. The Hall–Kier alpha value is -0.770. The molecule has 1 aliphatic rings. The first-order chi connectivity index (χ1) is 7.48. The van der Waals surface area contributed by atoms with Gasteiger partial charge in [-0.15, -0.1) is 0 Å². The van der Waals surface area contributed by atoms with Crippen molar-refractivity contribution in [2.24, 2.45) is 10.9 Å². The van der Waals surface area contributed by atoms with Gasteiger partial charge in [-0.2, -0.15) is 0 Å². The molecule has 0 saturated heterocycles. The smallest absolute Gasteiger partial charge is 0.191 e. The number of guanidine groups is 1. The zero-order valence-corrected chi connectivity index (χ0v) is 10.9. The Balaban J connectivity index is 2.44. The molecule has 1 saturated carbocycles. The summed E-state index contributed by atoms with van der Waals surface area (Å²) in [5.41, 5.74) is -0.697. The minimum Gasteiger partial charge on any atom is -0.388 e. The van der Waals surface area contributed by atoms with Gasteiger partial charge < -0.3 is 15.7 Å². The third-order valence-corrected chi connectivity index (χ3v) is 3.12. The van der Waals surface area contributed by atoms with E-state index in [9.17, 15) is 5.11 Å². The second kappa shape index (κ2) is 5.53. The van der Waals surface area contributed by atoms with Crippen LogP contribution >= 0.6 is 0 Å². The lowest BCUT2D eigenvalue weighted by atomic mass is 10.1. The average molecular weight is 227 g/mol. The molecule has 1 fully saturated rings. The van der Waals surface area contributed by atoms with Crippen molar-refractivity contribution in [3.63, 3.8) is 0 Å². The van der Waals surface area contributed by atoms with Crippen LogP contribution < -0.4 is 10.6 Å². The van der Waals surface area contributed by atoms with Crippen LogP contribution in [0.4, 0.5) is 0 Å². The maximum absolute atomic E-state index is 9.88. The zero-order chi connectivity index (χ0) is 12.2. The second-order valence-electron chi connectivity index (χ2n) is 5.01. The van der Waals surface area contributed by atoms with Gasteiger partial charge in [0.2, 0.25) is 0 Å². The first-order valence-electron chi connectivity index (χ1n) is 6.25. The minimum atomic E-state index is -0.697. The van der Waals surface area contributed by atoms with E-state index in [0.717, 1.165) is 24.8 Å². The highest BCUT2D eigenvalue weighted by Crippen LogP contribution is 2.28. The van der Waals surface area contributed by atoms with Crippen molar-refractivity contribution in [2.45, 2.75) is 52.2 Å². The lowest BCUT2D eigenvalue weighted by Gasteiger charge is -2.19. The fraction of sp³-hybridized carbons (Fsp3) is 0.917. The number of aliphatic imine (C=N–C) groups is 1. The van der Waals surface area contributed by atoms with Crippen molar-refractivity contribution < 1.29 is 5.11 Å². The monoisotopic (exact) mass is 227 g/mol. The topological polar surface area (TPSA) is 56.7 Å². The zero-order valence-electron chi connectivity index (χ0n) is 10.9. The summed E-state index contributed by atoms with van der Waals surface area (Å²) in [4.78, 5) is 4.42. The van der Waals surface area contributed by atoms with Crippen LogP contribution in [0.5, 0.6) is 0 Å². The lowest BCUT2D eigenvalue weighted by Crippen LogP contribution is -2.40. The third-order valence-electron chi connectivity index (χ3n) is 3.12. The van der Waals surface area contributed by atoms with Gasteiger partial charge in [0.05, 0.1) is 12.1 Å². The molecule has 0 aliphatic heterocycles. The van der Waals surface area contributed by atoms with Crippen LogP contribution in [0.2, 0.25) is 0 Å². The van der Waals surface area contributed by atoms with Gasteiger partial charge >= 0.3 is 0 Å². The highest BCUT2D eigenvalue weighted by Gasteiger charge is 2.33. The fourth-order valence-corrected chi connectivity index (χ4v) is 1.38. The SMILES string of the molecule is CCNC(=NCC(C)(O)CC)NC1CC1C. The van der Waals surface area contributed by atoms with Gasteiger partial charge in [-0.1, -0.05) is 13.8 Å². The van der Waals surface area contributed by atoms with E-state index in [0.29, 0.717) is 12.6 Å². The van der Waals surface area contributed by atoms with Gasteiger partial charge in [-0.25, -0.2) is 0 Å². The largest absolute Gasteiger partial charge is 0.388 e. The van der Waals surface area contributed by atoms with E-state index in [-0.39, 0.29) is 0 Å². The van der Waals surface area contributed by atoms with Crippen LogP contribution in [-0.2, 0) is 0 Å². The van der Waals surface area contributed by atoms with Crippen LogP contribution in [-0.4, -0.2) is 35.8 Å². The van der Waals surface area contributed by atoms with Gasteiger partial charge in [0, 0.05) is 12.6 Å². The van der Waals surface area contributed by atoms with E-state index in [1.807, 2.05) is 20.8 Å². The highest BCUT2D eigenvalue weighted by atomic mass is 16.3. The summed E-state index contributed by atoms with van der Waals surface area (Å²) in [5, 5.41) is 16.4. The minimum absolute atomic E-state index is 0.444. The molecule has 1 aliphatic carbocycles. The number of nitrogens with zero attached hydrogens (tertiary/aromatic N) is 1. The molecule has 0 bridgehead atoms. The summed E-state index contributed by atoms with van der Waals surface area (Å²) >= 11 is 0. The summed E-state index contributed by atoms with van der Waals surface area (Å²) < 4.78 is 0. The Labute approximate surface area is 98.5 Å². The average Bonchev–Trinajstić information content (AvgIpc) is 2.91. The summed E-state index contributed by atoms with van der Waals surface area (Å²) in [6, 6.07) is 0.560. The maximum atomic E-state index is 9.88. The highest BCUT2D eigenvalue weighted by molar-refractivity contribution is 5.80. The molecule has 4 nitrogen and oxygen atoms in total. The molecule has 0 heterocycles. The molecule has 0 amide bonds. The van der Waals surface area contributed by atoms with Crippen LogP contribution in [0.25, 0.3) is 0 Å². The molecule has 3 atom stereocenters. The predicted molar refractivity (Wildman–Crippen MR) is 67.6 cm³/mol. The normalized spacial score (nSPS) is 28.4. The Kier molecular flexibility index (Phi) is 4.59. The van der Waals surface area contributed by atoms with E-state index in [2.05, 4.69) is 22.5 Å². The van der Waals surface area contributed by atoms with Gasteiger partial charge in [-0.3, -0.25) is 4.99 Å². The molecule has 0 spiro atoms. The fourth-order valence-electron chi connectivity index (χ4n) is 1.38. The Morgan fingerprint density at radius 2 is 2.12 bits per heavy atom. The van der Waals surface area contributed by atoms with Crippen LogP contribution in [0.15, 0.2) is 4.99 Å². The van der Waals surface area contributed by atoms with E-state index < -0.39 is 5.60 Å². The first-order valence-corrected chi connectivity index (χ1v) is 6.25. The number of nitrogens with one attached hydrogen (secondary N) is 2. The van der Waals surface area contributed by atoms with E-state index in [4.69, 9.17) is 0 Å². The van der Waals surface area contributed by atoms with Crippen molar-refractivity contribution in [1.82, 2.24) is 10.6 Å². The lowest BCUT2D eigenvalue weighted by molar-refractivity contribution is 0.0656. The van der Waals surface area contributed by atoms with Gasteiger partial charge in [0.15, 0.2) is 5.96 Å². The van der Waals surface area contributed by atoms with Crippen molar-refractivity contribution in [3.05, 3.63) is 0 Å². The molecular formula is C12H25N3O. The predicted octanol–water partition coefficient (Wildman–Crippen LogP) is 1.11. The molecule has 0 aromatic heterocycles. The summed E-state index contributed by atoms with van der Waals surface area (Å²) in [5.74, 6) is 1.57. The van der Waals surface area contributed by atoms with E-state index >= 15 is 0 Å². The van der Waals surface area contributed by atoms with Crippen molar-refractivity contribution in [3.8, 4) is 0 Å². The van der Waals surface area contributed by atoms with Crippen molar-refractivity contribution >= 4 is 5.96 Å². The number of hydrogen-bond donors (Lipinski definition) is 3.